The smallest absolute Gasteiger partial charge is 0.340 e. The number of rotatable bonds is 1. The van der Waals surface area contributed by atoms with Gasteiger partial charge in [-0.3, -0.25) is 5.10 Å². The van der Waals surface area contributed by atoms with Gasteiger partial charge in [0.2, 0.25) is 0 Å². The first-order chi connectivity index (χ1) is 7.15. The van der Waals surface area contributed by atoms with Gasteiger partial charge in [-0.25, -0.2) is 4.79 Å². The number of fused-ring (bicyclic) bond motifs is 1. The lowest BCUT2D eigenvalue weighted by atomic mass is 10.2. The van der Waals surface area contributed by atoms with Crippen molar-refractivity contribution in [2.75, 3.05) is 7.11 Å². The van der Waals surface area contributed by atoms with E-state index in [2.05, 4.69) is 42.1 Å². The van der Waals surface area contributed by atoms with E-state index in [1.54, 1.807) is 6.20 Å². The summed E-state index contributed by atoms with van der Waals surface area (Å²) in [4.78, 5) is 11.5. The van der Waals surface area contributed by atoms with Crippen LogP contribution in [0.3, 0.4) is 0 Å². The maximum absolute atomic E-state index is 11.5. The van der Waals surface area contributed by atoms with Crippen LogP contribution >= 0.6 is 31.9 Å². The third kappa shape index (κ3) is 1.68. The van der Waals surface area contributed by atoms with E-state index in [1.165, 1.54) is 7.11 Å². The van der Waals surface area contributed by atoms with Crippen LogP contribution in [0, 0.1) is 0 Å². The average molecular weight is 334 g/mol. The van der Waals surface area contributed by atoms with Crippen LogP contribution in [0.2, 0.25) is 0 Å². The molecule has 2 rings (SSSR count). The number of benzene rings is 1. The molecule has 1 aromatic heterocycles. The quantitative estimate of drug-likeness (QED) is 0.816. The summed E-state index contributed by atoms with van der Waals surface area (Å²) < 4.78 is 6.02. The van der Waals surface area contributed by atoms with Crippen molar-refractivity contribution in [2.45, 2.75) is 0 Å². The number of carbonyl (C=O) groups is 1. The predicted molar refractivity (Wildman–Crippen MR) is 62.8 cm³/mol. The summed E-state index contributed by atoms with van der Waals surface area (Å²) in [6, 6.07) is 1.82. The maximum Gasteiger partial charge on any atom is 0.340 e. The zero-order valence-electron chi connectivity index (χ0n) is 7.67. The molecule has 78 valence electrons. The Labute approximate surface area is 102 Å². The molecule has 0 aliphatic heterocycles. The van der Waals surface area contributed by atoms with Crippen molar-refractivity contribution < 1.29 is 9.53 Å². The SMILES string of the molecule is COC(=O)c1c(Br)cc2cn[nH]c2c1Br. The highest BCUT2D eigenvalue weighted by Crippen LogP contribution is 2.32. The molecule has 0 bridgehead atoms. The van der Waals surface area contributed by atoms with Crippen molar-refractivity contribution in [3.63, 3.8) is 0 Å². The molecule has 0 radical (unpaired) electrons. The average Bonchev–Trinajstić information content (AvgIpc) is 2.65. The first kappa shape index (κ1) is 10.6. The summed E-state index contributed by atoms with van der Waals surface area (Å²) in [5, 5.41) is 7.63. The van der Waals surface area contributed by atoms with Gasteiger partial charge in [-0.2, -0.15) is 5.10 Å². The molecule has 4 nitrogen and oxygen atoms in total. The highest BCUT2D eigenvalue weighted by Gasteiger charge is 2.18. The summed E-state index contributed by atoms with van der Waals surface area (Å²) in [6.45, 7) is 0. The van der Waals surface area contributed by atoms with E-state index in [9.17, 15) is 4.79 Å². The molecule has 15 heavy (non-hydrogen) atoms. The number of H-pyrrole nitrogens is 1. The number of hydrogen-bond donors (Lipinski definition) is 1. The predicted octanol–water partition coefficient (Wildman–Crippen LogP) is 2.87. The Morgan fingerprint density at radius 2 is 2.27 bits per heavy atom. The lowest BCUT2D eigenvalue weighted by Crippen LogP contribution is -2.03. The fraction of sp³-hybridized carbons (Fsp3) is 0.111. The zero-order valence-corrected chi connectivity index (χ0v) is 10.8. The third-order valence-corrected chi connectivity index (χ3v) is 3.44. The van der Waals surface area contributed by atoms with E-state index < -0.39 is 5.97 Å². The minimum absolute atomic E-state index is 0.398. The highest BCUT2D eigenvalue weighted by atomic mass is 79.9. The lowest BCUT2D eigenvalue weighted by molar-refractivity contribution is 0.0599. The molecule has 2 aromatic rings. The Morgan fingerprint density at radius 3 is 2.93 bits per heavy atom. The molecule has 0 saturated heterocycles. The molecule has 1 aromatic carbocycles. The summed E-state index contributed by atoms with van der Waals surface area (Å²) >= 11 is 6.67. The summed E-state index contributed by atoms with van der Waals surface area (Å²) in [5.74, 6) is -0.398. The number of nitrogens with zero attached hydrogens (tertiary/aromatic N) is 1. The van der Waals surface area contributed by atoms with Crippen LogP contribution in [0.25, 0.3) is 10.9 Å². The Balaban J connectivity index is 2.78. The van der Waals surface area contributed by atoms with Crippen LogP contribution in [0.15, 0.2) is 21.2 Å². The number of ether oxygens (including phenoxy) is 1. The first-order valence-corrected chi connectivity index (χ1v) is 5.63. The van der Waals surface area contributed by atoms with Gasteiger partial charge in [-0.15, -0.1) is 0 Å². The van der Waals surface area contributed by atoms with E-state index in [1.807, 2.05) is 6.07 Å². The Hall–Kier alpha value is -0.880. The Morgan fingerprint density at radius 1 is 1.53 bits per heavy atom. The van der Waals surface area contributed by atoms with Gasteiger partial charge < -0.3 is 4.74 Å². The highest BCUT2D eigenvalue weighted by molar-refractivity contribution is 9.11. The largest absolute Gasteiger partial charge is 0.465 e. The zero-order chi connectivity index (χ0) is 11.0. The second-order valence-corrected chi connectivity index (χ2v) is 4.52. The van der Waals surface area contributed by atoms with Gasteiger partial charge in [-0.05, 0) is 37.9 Å². The Kier molecular flexibility index (Phi) is 2.79. The van der Waals surface area contributed by atoms with Crippen LogP contribution < -0.4 is 0 Å². The molecule has 0 aliphatic rings. The van der Waals surface area contributed by atoms with Gasteiger partial charge in [0, 0.05) is 9.86 Å². The summed E-state index contributed by atoms with van der Waals surface area (Å²) in [6.07, 6.45) is 1.69. The topological polar surface area (TPSA) is 55.0 Å². The molecule has 0 fully saturated rings. The fourth-order valence-electron chi connectivity index (χ4n) is 1.31. The number of hydrogen-bond acceptors (Lipinski definition) is 3. The van der Waals surface area contributed by atoms with Crippen molar-refractivity contribution >= 4 is 48.7 Å². The molecule has 0 unspecified atom stereocenters. The van der Waals surface area contributed by atoms with Gasteiger partial charge in [0.1, 0.15) is 0 Å². The lowest BCUT2D eigenvalue weighted by Gasteiger charge is -2.05. The maximum atomic E-state index is 11.5. The van der Waals surface area contributed by atoms with Gasteiger partial charge in [0.15, 0.2) is 0 Å². The van der Waals surface area contributed by atoms with Gasteiger partial charge in [-0.1, -0.05) is 0 Å². The standard InChI is InChI=1S/C9H6Br2N2O2/c1-15-9(14)6-5(10)2-4-3-12-13-8(4)7(6)11/h2-3H,1H3,(H,12,13). The van der Waals surface area contributed by atoms with E-state index in [0.29, 0.717) is 14.5 Å². The molecule has 0 spiro atoms. The van der Waals surface area contributed by atoms with E-state index in [0.717, 1.165) is 10.9 Å². The molecule has 0 amide bonds. The molecule has 6 heteroatoms. The van der Waals surface area contributed by atoms with Crippen molar-refractivity contribution in [1.82, 2.24) is 10.2 Å². The number of esters is 1. The number of methoxy groups -OCH3 is 1. The van der Waals surface area contributed by atoms with Crippen molar-refractivity contribution in [3.05, 3.63) is 26.8 Å². The van der Waals surface area contributed by atoms with Gasteiger partial charge in [0.05, 0.1) is 28.9 Å². The molecule has 0 atom stereocenters. The van der Waals surface area contributed by atoms with Crippen LogP contribution in [-0.2, 0) is 4.74 Å². The van der Waals surface area contributed by atoms with E-state index >= 15 is 0 Å². The minimum atomic E-state index is -0.398. The van der Waals surface area contributed by atoms with Crippen molar-refractivity contribution in [2.24, 2.45) is 0 Å². The van der Waals surface area contributed by atoms with Crippen molar-refractivity contribution in [3.8, 4) is 0 Å². The second kappa shape index (κ2) is 3.94. The first-order valence-electron chi connectivity index (χ1n) is 4.04. The normalized spacial score (nSPS) is 10.6. The Bertz CT molecular complexity index is 536. The molecule has 1 N–H and O–H groups in total. The van der Waals surface area contributed by atoms with E-state index in [-0.39, 0.29) is 0 Å². The number of aromatic nitrogens is 2. The number of nitrogens with one attached hydrogen (secondary N) is 1. The van der Waals surface area contributed by atoms with Crippen molar-refractivity contribution in [1.29, 1.82) is 0 Å². The monoisotopic (exact) mass is 332 g/mol. The summed E-state index contributed by atoms with van der Waals surface area (Å²) in [7, 11) is 1.35. The van der Waals surface area contributed by atoms with Crippen LogP contribution in [0.5, 0.6) is 0 Å². The van der Waals surface area contributed by atoms with Crippen LogP contribution in [0.4, 0.5) is 0 Å². The number of carbonyl (C=O) groups excluding carboxylic acids is 1. The molecule has 0 saturated carbocycles. The van der Waals surface area contributed by atoms with Crippen LogP contribution in [0.1, 0.15) is 10.4 Å². The fourth-order valence-corrected chi connectivity index (χ4v) is 2.87. The number of halogens is 2. The molecular weight excluding hydrogens is 328 g/mol. The minimum Gasteiger partial charge on any atom is -0.465 e. The number of aromatic amines is 1. The van der Waals surface area contributed by atoms with Gasteiger partial charge in [0.25, 0.3) is 0 Å². The van der Waals surface area contributed by atoms with Crippen LogP contribution in [-0.4, -0.2) is 23.3 Å². The summed E-state index contributed by atoms with van der Waals surface area (Å²) in [5.41, 5.74) is 1.23. The van der Waals surface area contributed by atoms with Gasteiger partial charge >= 0.3 is 5.97 Å². The van der Waals surface area contributed by atoms with E-state index in [4.69, 9.17) is 4.74 Å². The molecular formula is C9H6Br2N2O2. The second-order valence-electron chi connectivity index (χ2n) is 2.87. The molecule has 0 aliphatic carbocycles. The third-order valence-electron chi connectivity index (χ3n) is 2.02. The molecule has 1 heterocycles.